The van der Waals surface area contributed by atoms with Gasteiger partial charge in [0.2, 0.25) is 11.8 Å². The number of rotatable bonds is 13. The highest BCUT2D eigenvalue weighted by atomic mass is 32.2. The molecule has 0 spiro atoms. The molecule has 0 bridgehead atoms. The summed E-state index contributed by atoms with van der Waals surface area (Å²) in [6.07, 6.45) is 0.251. The second kappa shape index (κ2) is 14.9. The van der Waals surface area contributed by atoms with Crippen molar-refractivity contribution in [3.05, 3.63) is 125 Å². The van der Waals surface area contributed by atoms with Gasteiger partial charge in [-0.25, -0.2) is 8.42 Å². The van der Waals surface area contributed by atoms with E-state index in [4.69, 9.17) is 4.74 Å². The molecule has 9 heteroatoms. The summed E-state index contributed by atoms with van der Waals surface area (Å²) in [7, 11) is -2.71. The molecule has 4 aromatic carbocycles. The van der Waals surface area contributed by atoms with E-state index >= 15 is 0 Å². The van der Waals surface area contributed by atoms with Crippen LogP contribution in [0.15, 0.2) is 108 Å². The van der Waals surface area contributed by atoms with E-state index in [0.717, 1.165) is 26.6 Å². The number of amides is 2. The number of sulfonamides is 1. The van der Waals surface area contributed by atoms with Gasteiger partial charge in [-0.3, -0.25) is 13.9 Å². The van der Waals surface area contributed by atoms with Gasteiger partial charge in [-0.15, -0.1) is 0 Å². The lowest BCUT2D eigenvalue weighted by molar-refractivity contribution is -0.140. The highest BCUT2D eigenvalue weighted by Crippen LogP contribution is 2.28. The summed E-state index contributed by atoms with van der Waals surface area (Å²) in [6, 6.07) is 29.2. The third kappa shape index (κ3) is 8.51. The van der Waals surface area contributed by atoms with E-state index in [1.165, 1.54) is 24.1 Å². The van der Waals surface area contributed by atoms with E-state index in [2.05, 4.69) is 5.32 Å². The average molecular weight is 628 g/mol. The standard InChI is InChI=1S/C36H41N3O5S/c1-26(2)37-36(41)34(22-29-13-7-6-8-14-29)38(24-30-15-10-9-12-28(30)4)35(40)25-39(31-16-11-17-32(23-31)44-5)45(42,43)33-20-18-27(3)19-21-33/h6-21,23,26,34H,22,24-25H2,1-5H3,(H,37,41)/t34-/m0/s1. The van der Waals surface area contributed by atoms with Crippen LogP contribution in [0.25, 0.3) is 0 Å². The van der Waals surface area contributed by atoms with Gasteiger partial charge in [0.25, 0.3) is 10.0 Å². The first-order chi connectivity index (χ1) is 21.5. The summed E-state index contributed by atoms with van der Waals surface area (Å²) in [5.41, 5.74) is 3.86. The van der Waals surface area contributed by atoms with Gasteiger partial charge in [0, 0.05) is 25.1 Å². The van der Waals surface area contributed by atoms with Crippen LogP contribution in [0.3, 0.4) is 0 Å². The number of benzene rings is 4. The maximum atomic E-state index is 14.6. The van der Waals surface area contributed by atoms with Gasteiger partial charge in [-0.2, -0.15) is 0 Å². The minimum absolute atomic E-state index is 0.0487. The molecule has 4 rings (SSSR count). The minimum Gasteiger partial charge on any atom is -0.497 e. The summed E-state index contributed by atoms with van der Waals surface area (Å²) in [4.78, 5) is 29.9. The number of nitrogens with one attached hydrogen (secondary N) is 1. The summed E-state index contributed by atoms with van der Waals surface area (Å²) in [5, 5.41) is 2.98. The lowest BCUT2D eigenvalue weighted by Crippen LogP contribution is -2.54. The zero-order chi connectivity index (χ0) is 32.6. The van der Waals surface area contributed by atoms with E-state index in [0.29, 0.717) is 5.75 Å². The molecule has 0 aliphatic heterocycles. The minimum atomic E-state index is -4.20. The Labute approximate surface area is 266 Å². The maximum absolute atomic E-state index is 14.6. The van der Waals surface area contributed by atoms with Gasteiger partial charge in [0.05, 0.1) is 17.7 Å². The number of ether oxygens (including phenoxy) is 1. The van der Waals surface area contributed by atoms with Crippen molar-refractivity contribution in [1.82, 2.24) is 10.2 Å². The van der Waals surface area contributed by atoms with Gasteiger partial charge in [0.1, 0.15) is 18.3 Å². The molecular formula is C36H41N3O5S. The Hall–Kier alpha value is -4.63. The Morgan fingerprint density at radius 3 is 2.16 bits per heavy atom. The number of methoxy groups -OCH3 is 1. The maximum Gasteiger partial charge on any atom is 0.264 e. The predicted molar refractivity (Wildman–Crippen MR) is 178 cm³/mol. The Kier molecular flexibility index (Phi) is 11.0. The van der Waals surface area contributed by atoms with Crippen molar-refractivity contribution in [2.24, 2.45) is 0 Å². The van der Waals surface area contributed by atoms with Crippen LogP contribution >= 0.6 is 0 Å². The summed E-state index contributed by atoms with van der Waals surface area (Å²) < 4.78 is 34.9. The zero-order valence-electron chi connectivity index (χ0n) is 26.4. The molecule has 2 amide bonds. The summed E-state index contributed by atoms with van der Waals surface area (Å²) in [6.45, 7) is 7.13. The molecule has 0 fully saturated rings. The number of aryl methyl sites for hydroxylation is 2. The Morgan fingerprint density at radius 1 is 0.844 bits per heavy atom. The van der Waals surface area contributed by atoms with Crippen LogP contribution in [0.5, 0.6) is 5.75 Å². The SMILES string of the molecule is COc1cccc(N(CC(=O)N(Cc2ccccc2C)[C@@H](Cc2ccccc2)C(=O)NC(C)C)S(=O)(=O)c2ccc(C)cc2)c1. The largest absolute Gasteiger partial charge is 0.497 e. The van der Waals surface area contributed by atoms with E-state index in [-0.39, 0.29) is 35.5 Å². The van der Waals surface area contributed by atoms with Crippen LogP contribution in [0.2, 0.25) is 0 Å². The van der Waals surface area contributed by atoms with Crippen molar-refractivity contribution >= 4 is 27.5 Å². The lowest BCUT2D eigenvalue weighted by atomic mass is 10.0. The third-order valence-corrected chi connectivity index (χ3v) is 9.32. The smallest absolute Gasteiger partial charge is 0.264 e. The highest BCUT2D eigenvalue weighted by Gasteiger charge is 2.35. The Balaban J connectivity index is 1.83. The van der Waals surface area contributed by atoms with Crippen molar-refractivity contribution in [2.45, 2.75) is 57.6 Å². The molecule has 236 valence electrons. The molecule has 0 aliphatic rings. The average Bonchev–Trinajstić information content (AvgIpc) is 3.02. The fraction of sp³-hybridized carbons (Fsp3) is 0.278. The van der Waals surface area contributed by atoms with Gasteiger partial charge < -0.3 is 15.0 Å². The fourth-order valence-electron chi connectivity index (χ4n) is 5.04. The van der Waals surface area contributed by atoms with Gasteiger partial charge in [-0.1, -0.05) is 78.4 Å². The van der Waals surface area contributed by atoms with Crippen LogP contribution in [0.1, 0.15) is 36.1 Å². The van der Waals surface area contributed by atoms with Gasteiger partial charge in [0.15, 0.2) is 0 Å². The monoisotopic (exact) mass is 627 g/mol. The number of anilines is 1. The zero-order valence-corrected chi connectivity index (χ0v) is 27.3. The van der Waals surface area contributed by atoms with Crippen molar-refractivity contribution < 1.29 is 22.7 Å². The van der Waals surface area contributed by atoms with Crippen LogP contribution < -0.4 is 14.4 Å². The quantitative estimate of drug-likeness (QED) is 0.206. The van der Waals surface area contributed by atoms with Crippen LogP contribution in [-0.2, 0) is 32.6 Å². The molecule has 0 heterocycles. The van der Waals surface area contributed by atoms with Crippen molar-refractivity contribution in [2.75, 3.05) is 18.0 Å². The first-order valence-electron chi connectivity index (χ1n) is 14.9. The molecule has 1 N–H and O–H groups in total. The number of carbonyl (C=O) groups excluding carboxylic acids is 2. The van der Waals surface area contributed by atoms with E-state index < -0.39 is 28.5 Å². The molecule has 0 saturated carbocycles. The molecule has 0 unspecified atom stereocenters. The predicted octanol–water partition coefficient (Wildman–Crippen LogP) is 5.67. The van der Waals surface area contributed by atoms with Gasteiger partial charge >= 0.3 is 0 Å². The van der Waals surface area contributed by atoms with Crippen LogP contribution in [0.4, 0.5) is 5.69 Å². The fourth-order valence-corrected chi connectivity index (χ4v) is 6.44. The first-order valence-corrected chi connectivity index (χ1v) is 16.4. The molecule has 0 saturated heterocycles. The van der Waals surface area contributed by atoms with E-state index in [1.54, 1.807) is 36.4 Å². The molecule has 8 nitrogen and oxygen atoms in total. The van der Waals surface area contributed by atoms with Crippen molar-refractivity contribution in [3.8, 4) is 5.75 Å². The van der Waals surface area contributed by atoms with Gasteiger partial charge in [-0.05, 0) is 68.7 Å². The Bertz CT molecular complexity index is 1710. The van der Waals surface area contributed by atoms with Crippen LogP contribution in [-0.4, -0.2) is 50.9 Å². The number of carbonyl (C=O) groups is 2. The highest BCUT2D eigenvalue weighted by molar-refractivity contribution is 7.92. The van der Waals surface area contributed by atoms with E-state index in [9.17, 15) is 18.0 Å². The number of nitrogens with zero attached hydrogens (tertiary/aromatic N) is 2. The molecule has 0 radical (unpaired) electrons. The second-order valence-electron chi connectivity index (χ2n) is 11.3. The molecule has 0 aromatic heterocycles. The third-order valence-electron chi connectivity index (χ3n) is 7.53. The lowest BCUT2D eigenvalue weighted by Gasteiger charge is -2.34. The normalized spacial score (nSPS) is 12.0. The summed E-state index contributed by atoms with van der Waals surface area (Å²) >= 11 is 0. The number of hydrogen-bond donors (Lipinski definition) is 1. The molecular weight excluding hydrogens is 586 g/mol. The second-order valence-corrected chi connectivity index (χ2v) is 13.2. The molecule has 1 atom stereocenters. The molecule has 0 aliphatic carbocycles. The number of hydrogen-bond acceptors (Lipinski definition) is 5. The molecule has 4 aromatic rings. The Morgan fingerprint density at radius 2 is 1.51 bits per heavy atom. The molecule has 45 heavy (non-hydrogen) atoms. The van der Waals surface area contributed by atoms with Crippen molar-refractivity contribution in [3.63, 3.8) is 0 Å². The van der Waals surface area contributed by atoms with E-state index in [1.807, 2.05) is 82.3 Å². The van der Waals surface area contributed by atoms with Crippen molar-refractivity contribution in [1.29, 1.82) is 0 Å². The topological polar surface area (TPSA) is 96.0 Å². The van der Waals surface area contributed by atoms with Crippen LogP contribution in [0, 0.1) is 13.8 Å². The first kappa shape index (κ1) is 33.3. The summed E-state index contributed by atoms with van der Waals surface area (Å²) in [5.74, 6) is -0.388.